The van der Waals surface area contributed by atoms with E-state index in [2.05, 4.69) is 24.1 Å². The van der Waals surface area contributed by atoms with Crippen LogP contribution in [0.3, 0.4) is 0 Å². The van der Waals surface area contributed by atoms with Crippen molar-refractivity contribution in [3.8, 4) is 11.5 Å². The standard InChI is InChI=1S/C18H21NO2/c1-19(16-9-3-4-12-18(16)21-2)15-10-5-8-14-13(15)7-6-11-17(14)20/h3-4,6-7,9,11-12,15,20H,5,8,10H2,1-2H3. The van der Waals surface area contributed by atoms with Gasteiger partial charge in [-0.3, -0.25) is 0 Å². The number of anilines is 1. The molecule has 3 rings (SSSR count). The van der Waals surface area contributed by atoms with Crippen LogP contribution in [0.15, 0.2) is 42.5 Å². The van der Waals surface area contributed by atoms with Gasteiger partial charge in [0.05, 0.1) is 18.8 Å². The molecule has 1 unspecified atom stereocenters. The molecule has 1 atom stereocenters. The van der Waals surface area contributed by atoms with Crippen LogP contribution >= 0.6 is 0 Å². The number of phenols is 1. The lowest BCUT2D eigenvalue weighted by atomic mass is 9.86. The van der Waals surface area contributed by atoms with Gasteiger partial charge in [0.25, 0.3) is 0 Å². The van der Waals surface area contributed by atoms with Crippen LogP contribution in [0.4, 0.5) is 5.69 Å². The Bertz CT molecular complexity index is 639. The lowest BCUT2D eigenvalue weighted by molar-refractivity contribution is 0.411. The van der Waals surface area contributed by atoms with E-state index in [1.165, 1.54) is 5.56 Å². The molecule has 110 valence electrons. The number of para-hydroxylation sites is 2. The fraction of sp³-hybridized carbons (Fsp3) is 0.333. The largest absolute Gasteiger partial charge is 0.508 e. The first kappa shape index (κ1) is 13.8. The van der Waals surface area contributed by atoms with Crippen LogP contribution in [-0.4, -0.2) is 19.3 Å². The minimum atomic E-state index is 0.275. The summed E-state index contributed by atoms with van der Waals surface area (Å²) in [5.74, 6) is 1.30. The van der Waals surface area contributed by atoms with Crippen molar-refractivity contribution in [2.75, 3.05) is 19.1 Å². The Morgan fingerprint density at radius 3 is 2.76 bits per heavy atom. The number of nitrogens with zero attached hydrogens (tertiary/aromatic N) is 1. The smallest absolute Gasteiger partial charge is 0.142 e. The molecule has 21 heavy (non-hydrogen) atoms. The third-order valence-electron chi connectivity index (χ3n) is 4.38. The molecule has 0 spiro atoms. The van der Waals surface area contributed by atoms with Gasteiger partial charge in [0.1, 0.15) is 11.5 Å². The number of hydrogen-bond donors (Lipinski definition) is 1. The van der Waals surface area contributed by atoms with Gasteiger partial charge in [-0.25, -0.2) is 0 Å². The molecule has 2 aromatic rings. The quantitative estimate of drug-likeness (QED) is 0.927. The van der Waals surface area contributed by atoms with E-state index in [1.807, 2.05) is 24.3 Å². The van der Waals surface area contributed by atoms with Gasteiger partial charge in [0, 0.05) is 7.05 Å². The Balaban J connectivity index is 2.00. The number of phenolic OH excluding ortho intramolecular Hbond substituents is 1. The molecule has 0 aromatic heterocycles. The molecule has 0 bridgehead atoms. The molecule has 0 fully saturated rings. The highest BCUT2D eigenvalue weighted by molar-refractivity contribution is 5.60. The molecule has 1 N–H and O–H groups in total. The molecular formula is C18H21NO2. The second-order valence-electron chi connectivity index (χ2n) is 5.54. The Labute approximate surface area is 125 Å². The van der Waals surface area contributed by atoms with Crippen LogP contribution in [0.1, 0.15) is 30.0 Å². The fourth-order valence-corrected chi connectivity index (χ4v) is 3.30. The van der Waals surface area contributed by atoms with Gasteiger partial charge in [-0.15, -0.1) is 0 Å². The molecule has 3 nitrogen and oxygen atoms in total. The zero-order valence-corrected chi connectivity index (χ0v) is 12.5. The maximum absolute atomic E-state index is 10.1. The first-order valence-electron chi connectivity index (χ1n) is 7.39. The van der Waals surface area contributed by atoms with Crippen molar-refractivity contribution in [2.45, 2.75) is 25.3 Å². The lowest BCUT2D eigenvalue weighted by Crippen LogP contribution is -2.27. The number of methoxy groups -OCH3 is 1. The van der Waals surface area contributed by atoms with Gasteiger partial charge < -0.3 is 14.7 Å². The second kappa shape index (κ2) is 5.68. The van der Waals surface area contributed by atoms with Gasteiger partial charge in [-0.05, 0) is 48.6 Å². The summed E-state index contributed by atoms with van der Waals surface area (Å²) in [4.78, 5) is 2.26. The van der Waals surface area contributed by atoms with Gasteiger partial charge >= 0.3 is 0 Å². The number of benzene rings is 2. The Morgan fingerprint density at radius 1 is 1.14 bits per heavy atom. The van der Waals surface area contributed by atoms with E-state index in [-0.39, 0.29) is 6.04 Å². The van der Waals surface area contributed by atoms with Gasteiger partial charge in [-0.1, -0.05) is 24.3 Å². The summed E-state index contributed by atoms with van der Waals surface area (Å²) in [6, 6.07) is 14.2. The van der Waals surface area contributed by atoms with Crippen LogP contribution in [0, 0.1) is 0 Å². The minimum Gasteiger partial charge on any atom is -0.508 e. The molecule has 2 aromatic carbocycles. The normalized spacial score (nSPS) is 17.1. The van der Waals surface area contributed by atoms with E-state index in [4.69, 9.17) is 4.74 Å². The summed E-state index contributed by atoms with van der Waals surface area (Å²) in [5.41, 5.74) is 3.41. The molecule has 0 heterocycles. The van der Waals surface area contributed by atoms with Crippen molar-refractivity contribution >= 4 is 5.69 Å². The van der Waals surface area contributed by atoms with E-state index >= 15 is 0 Å². The molecule has 3 heteroatoms. The molecule has 0 amide bonds. The minimum absolute atomic E-state index is 0.275. The maximum Gasteiger partial charge on any atom is 0.142 e. The highest BCUT2D eigenvalue weighted by Crippen LogP contribution is 2.41. The van der Waals surface area contributed by atoms with Crippen molar-refractivity contribution in [3.05, 3.63) is 53.6 Å². The average molecular weight is 283 g/mol. The third-order valence-corrected chi connectivity index (χ3v) is 4.38. The van der Waals surface area contributed by atoms with E-state index in [0.717, 1.165) is 36.3 Å². The third kappa shape index (κ3) is 2.44. The van der Waals surface area contributed by atoms with Crippen LogP contribution in [0.5, 0.6) is 11.5 Å². The summed E-state index contributed by atoms with van der Waals surface area (Å²) < 4.78 is 5.48. The monoisotopic (exact) mass is 283 g/mol. The zero-order valence-electron chi connectivity index (χ0n) is 12.5. The SMILES string of the molecule is COc1ccccc1N(C)C1CCCc2c(O)cccc21. The molecular weight excluding hydrogens is 262 g/mol. The van der Waals surface area contributed by atoms with Crippen molar-refractivity contribution < 1.29 is 9.84 Å². The summed E-state index contributed by atoms with van der Waals surface area (Å²) in [7, 11) is 3.80. The van der Waals surface area contributed by atoms with E-state index in [0.29, 0.717) is 5.75 Å². The summed E-state index contributed by atoms with van der Waals surface area (Å²) in [5, 5.41) is 10.1. The van der Waals surface area contributed by atoms with Gasteiger partial charge in [0.15, 0.2) is 0 Å². The first-order valence-corrected chi connectivity index (χ1v) is 7.39. The van der Waals surface area contributed by atoms with Gasteiger partial charge in [-0.2, -0.15) is 0 Å². The Hall–Kier alpha value is -2.16. The molecule has 0 radical (unpaired) electrons. The highest BCUT2D eigenvalue weighted by atomic mass is 16.5. The first-order chi connectivity index (χ1) is 10.2. The summed E-state index contributed by atoms with van der Waals surface area (Å²) >= 11 is 0. The number of hydrogen-bond acceptors (Lipinski definition) is 3. The molecule has 0 saturated carbocycles. The second-order valence-corrected chi connectivity index (χ2v) is 5.54. The number of fused-ring (bicyclic) bond motifs is 1. The Kier molecular flexibility index (Phi) is 3.74. The van der Waals surface area contributed by atoms with Gasteiger partial charge in [0.2, 0.25) is 0 Å². The topological polar surface area (TPSA) is 32.7 Å². The highest BCUT2D eigenvalue weighted by Gasteiger charge is 2.26. The predicted octanol–water partition coefficient (Wildman–Crippen LogP) is 3.91. The van der Waals surface area contributed by atoms with E-state index < -0.39 is 0 Å². The number of aromatic hydroxyl groups is 1. The summed E-state index contributed by atoms with van der Waals surface area (Å²) in [6.45, 7) is 0. The number of rotatable bonds is 3. The Morgan fingerprint density at radius 2 is 1.95 bits per heavy atom. The van der Waals surface area contributed by atoms with Crippen molar-refractivity contribution in [1.29, 1.82) is 0 Å². The van der Waals surface area contributed by atoms with Crippen LogP contribution in [0.2, 0.25) is 0 Å². The lowest BCUT2D eigenvalue weighted by Gasteiger charge is -2.35. The van der Waals surface area contributed by atoms with Crippen LogP contribution in [-0.2, 0) is 6.42 Å². The van der Waals surface area contributed by atoms with Crippen molar-refractivity contribution in [3.63, 3.8) is 0 Å². The molecule has 1 aliphatic rings. The van der Waals surface area contributed by atoms with Crippen molar-refractivity contribution in [2.24, 2.45) is 0 Å². The molecule has 0 aliphatic heterocycles. The predicted molar refractivity (Wildman–Crippen MR) is 85.2 cm³/mol. The number of ether oxygens (including phenoxy) is 1. The molecule has 0 saturated heterocycles. The fourth-order valence-electron chi connectivity index (χ4n) is 3.30. The van der Waals surface area contributed by atoms with Crippen LogP contribution in [0.25, 0.3) is 0 Å². The average Bonchev–Trinajstić information content (AvgIpc) is 2.54. The molecule has 1 aliphatic carbocycles. The summed E-state index contributed by atoms with van der Waals surface area (Å²) in [6.07, 6.45) is 3.14. The maximum atomic E-state index is 10.1. The zero-order chi connectivity index (χ0) is 14.8. The van der Waals surface area contributed by atoms with Crippen LogP contribution < -0.4 is 9.64 Å². The van der Waals surface area contributed by atoms with E-state index in [1.54, 1.807) is 13.2 Å². The van der Waals surface area contributed by atoms with Crippen molar-refractivity contribution in [1.82, 2.24) is 0 Å². The van der Waals surface area contributed by atoms with E-state index in [9.17, 15) is 5.11 Å².